The molecule has 3 N–H and O–H groups in total. The van der Waals surface area contributed by atoms with Crippen LogP contribution in [0.3, 0.4) is 0 Å². The van der Waals surface area contributed by atoms with Crippen LogP contribution in [0.15, 0.2) is 54.6 Å². The van der Waals surface area contributed by atoms with Crippen molar-refractivity contribution in [3.8, 4) is 5.75 Å². The fraction of sp³-hybridized carbons (Fsp3) is 0.500. The maximum atomic E-state index is 14.2. The van der Waals surface area contributed by atoms with Crippen molar-refractivity contribution < 1.29 is 29.0 Å². The van der Waals surface area contributed by atoms with Gasteiger partial charge in [0.15, 0.2) is 0 Å². The van der Waals surface area contributed by atoms with Gasteiger partial charge in [0.25, 0.3) is 0 Å². The van der Waals surface area contributed by atoms with Gasteiger partial charge in [0.1, 0.15) is 17.4 Å². The number of carbonyl (C=O) groups is 3. The third-order valence-electron chi connectivity index (χ3n) is 8.29. The van der Waals surface area contributed by atoms with Gasteiger partial charge in [-0.1, -0.05) is 60.1 Å². The number of rotatable bonds is 10. The molecule has 0 aliphatic carbocycles. The number of aliphatic hydroxyl groups excluding tert-OH is 1. The summed E-state index contributed by atoms with van der Waals surface area (Å²) in [5.74, 6) is -1.80. The molecule has 9 nitrogen and oxygen atoms in total. The van der Waals surface area contributed by atoms with Crippen LogP contribution < -0.4 is 15.4 Å². The van der Waals surface area contributed by atoms with E-state index in [1.807, 2.05) is 44.2 Å². The third kappa shape index (κ3) is 5.01. The number of alkyl halides is 1. The molecule has 3 aliphatic heterocycles. The molecule has 7 atom stereocenters. The topological polar surface area (TPSA) is 117 Å². The summed E-state index contributed by atoms with van der Waals surface area (Å²) in [7, 11) is 1.57. The first-order valence-corrected chi connectivity index (χ1v) is 14.6. The largest absolute Gasteiger partial charge is 0.497 e. The Labute approximate surface area is 242 Å². The average molecular weight is 615 g/mol. The molecule has 214 valence electrons. The molecule has 5 rings (SSSR count). The minimum absolute atomic E-state index is 0.166. The molecule has 2 aromatic carbocycles. The second-order valence-electron chi connectivity index (χ2n) is 11.3. The van der Waals surface area contributed by atoms with Crippen LogP contribution in [-0.4, -0.2) is 70.1 Å². The molecule has 40 heavy (non-hydrogen) atoms. The number of nitrogens with one attached hydrogen (secondary N) is 2. The molecule has 0 saturated carbocycles. The lowest BCUT2D eigenvalue weighted by atomic mass is 9.70. The molecule has 1 spiro atoms. The zero-order valence-electron chi connectivity index (χ0n) is 22.9. The first-order valence-electron chi connectivity index (χ1n) is 13.7. The highest BCUT2D eigenvalue weighted by Gasteiger charge is 2.77. The van der Waals surface area contributed by atoms with Crippen molar-refractivity contribution in [2.75, 3.05) is 19.0 Å². The lowest BCUT2D eigenvalue weighted by molar-refractivity contribution is -0.144. The Kier molecular flexibility index (Phi) is 8.22. The van der Waals surface area contributed by atoms with Gasteiger partial charge in [-0.15, -0.1) is 0 Å². The smallest absolute Gasteiger partial charge is 0.250 e. The summed E-state index contributed by atoms with van der Waals surface area (Å²) in [5, 5.41) is 16.3. The predicted octanol–water partition coefficient (Wildman–Crippen LogP) is 3.11. The van der Waals surface area contributed by atoms with Crippen LogP contribution in [0.4, 0.5) is 5.69 Å². The molecule has 3 amide bonds. The number of nitrogens with zero attached hydrogens (tertiary/aromatic N) is 1. The molecule has 2 bridgehead atoms. The molecule has 0 radical (unpaired) electrons. The Balaban J connectivity index is 1.48. The van der Waals surface area contributed by atoms with Crippen molar-refractivity contribution in [3.63, 3.8) is 0 Å². The van der Waals surface area contributed by atoms with E-state index in [1.54, 1.807) is 31.4 Å². The van der Waals surface area contributed by atoms with Crippen LogP contribution in [0, 0.1) is 17.8 Å². The number of fused-ring (bicyclic) bond motifs is 1. The minimum atomic E-state index is -1.20. The molecule has 2 aromatic rings. The summed E-state index contributed by atoms with van der Waals surface area (Å²) in [4.78, 5) is 43.2. The molecule has 3 fully saturated rings. The van der Waals surface area contributed by atoms with Gasteiger partial charge in [-0.2, -0.15) is 0 Å². The van der Waals surface area contributed by atoms with Crippen LogP contribution in [0.1, 0.15) is 32.3 Å². The van der Waals surface area contributed by atoms with Gasteiger partial charge >= 0.3 is 0 Å². The van der Waals surface area contributed by atoms with E-state index < -0.39 is 41.5 Å². The highest BCUT2D eigenvalue weighted by atomic mass is 79.9. The molecule has 3 heterocycles. The van der Waals surface area contributed by atoms with E-state index in [2.05, 4.69) is 26.6 Å². The van der Waals surface area contributed by atoms with E-state index in [-0.39, 0.29) is 29.2 Å². The van der Waals surface area contributed by atoms with Crippen molar-refractivity contribution in [2.24, 2.45) is 17.8 Å². The highest BCUT2D eigenvalue weighted by Crippen LogP contribution is 2.60. The quantitative estimate of drug-likeness (QED) is 0.355. The van der Waals surface area contributed by atoms with E-state index in [9.17, 15) is 19.5 Å². The van der Waals surface area contributed by atoms with E-state index in [4.69, 9.17) is 9.47 Å². The number of anilines is 1. The first kappa shape index (κ1) is 28.6. The average Bonchev–Trinajstić information content (AvgIpc) is 3.54. The Hall–Kier alpha value is -2.95. The van der Waals surface area contributed by atoms with Gasteiger partial charge in [-0.05, 0) is 48.6 Å². The monoisotopic (exact) mass is 613 g/mol. The third-order valence-corrected chi connectivity index (χ3v) is 9.14. The Bertz CT molecular complexity index is 1240. The molecule has 3 aliphatic rings. The molecule has 10 heteroatoms. The van der Waals surface area contributed by atoms with E-state index >= 15 is 0 Å². The summed E-state index contributed by atoms with van der Waals surface area (Å²) in [5.41, 5.74) is 0.284. The van der Waals surface area contributed by atoms with Crippen LogP contribution >= 0.6 is 15.9 Å². The van der Waals surface area contributed by atoms with Crippen LogP contribution in [-0.2, 0) is 25.7 Å². The lowest BCUT2D eigenvalue weighted by Gasteiger charge is -2.37. The second kappa shape index (κ2) is 11.5. The number of ether oxygens (including phenoxy) is 2. The fourth-order valence-corrected chi connectivity index (χ4v) is 7.61. The fourth-order valence-electron chi connectivity index (χ4n) is 6.67. The second-order valence-corrected chi connectivity index (χ2v) is 12.5. The highest BCUT2D eigenvalue weighted by molar-refractivity contribution is 9.09. The van der Waals surface area contributed by atoms with Gasteiger partial charge in [0, 0.05) is 17.1 Å². The zero-order chi connectivity index (χ0) is 28.6. The van der Waals surface area contributed by atoms with Gasteiger partial charge in [0.05, 0.1) is 37.7 Å². The number of carbonyl (C=O) groups excluding carboxylic acids is 3. The number of likely N-dealkylation sites (tertiary alicyclic amines) is 1. The summed E-state index contributed by atoms with van der Waals surface area (Å²) >= 11 is 3.70. The Morgan fingerprint density at radius 1 is 1.15 bits per heavy atom. The number of hydrogen-bond donors (Lipinski definition) is 3. The lowest BCUT2D eigenvalue weighted by Crippen LogP contribution is -2.57. The van der Waals surface area contributed by atoms with Gasteiger partial charge in [-0.25, -0.2) is 0 Å². The zero-order valence-corrected chi connectivity index (χ0v) is 24.5. The number of aliphatic hydroxyl groups is 1. The maximum Gasteiger partial charge on any atom is 0.250 e. The molecule has 0 aromatic heterocycles. The number of methoxy groups -OCH3 is 1. The van der Waals surface area contributed by atoms with Gasteiger partial charge in [0.2, 0.25) is 17.7 Å². The van der Waals surface area contributed by atoms with Crippen molar-refractivity contribution in [1.82, 2.24) is 10.2 Å². The standard InChI is InChI=1S/C30H36BrN3O6/c1-17(2)13-20(16-35)34-26(28(37)33-19-9-11-21(39-3)12-10-19)30-14-22(31)25(40-30)23(24(30)29(34)38)27(36)32-15-18-7-5-4-6-8-18/h4-12,17,20,22-26,35H,13-16H2,1-3H3,(H,32,36)(H,33,37)/t20-,22?,23+,24+,25+,26?,30?/m1/s1. The molecular weight excluding hydrogens is 578 g/mol. The molecular formula is C30H36BrN3O6. The van der Waals surface area contributed by atoms with Crippen molar-refractivity contribution in [1.29, 1.82) is 0 Å². The van der Waals surface area contributed by atoms with Crippen LogP contribution in [0.2, 0.25) is 0 Å². The van der Waals surface area contributed by atoms with Crippen LogP contribution in [0.25, 0.3) is 0 Å². The number of hydrogen-bond acceptors (Lipinski definition) is 6. The molecule has 3 unspecified atom stereocenters. The summed E-state index contributed by atoms with van der Waals surface area (Å²) < 4.78 is 11.8. The SMILES string of the molecule is COc1ccc(NC(=O)C2N([C@@H](CO)CC(C)C)C(=O)[C@@H]3[C@H](C(=O)NCc4ccccc4)[C@H]4OC23CC4Br)cc1. The Morgan fingerprint density at radius 2 is 1.85 bits per heavy atom. The predicted molar refractivity (Wildman–Crippen MR) is 153 cm³/mol. The number of halogens is 1. The summed E-state index contributed by atoms with van der Waals surface area (Å²) in [6, 6.07) is 14.9. The first-order chi connectivity index (χ1) is 19.2. The minimum Gasteiger partial charge on any atom is -0.497 e. The molecule has 3 saturated heterocycles. The number of amides is 3. The Morgan fingerprint density at radius 3 is 2.48 bits per heavy atom. The van der Waals surface area contributed by atoms with Crippen molar-refractivity contribution in [3.05, 3.63) is 60.2 Å². The van der Waals surface area contributed by atoms with E-state index in [1.165, 1.54) is 4.90 Å². The van der Waals surface area contributed by atoms with Gasteiger partial charge in [-0.3, -0.25) is 14.4 Å². The van der Waals surface area contributed by atoms with Gasteiger partial charge < -0.3 is 30.1 Å². The van der Waals surface area contributed by atoms with E-state index in [0.29, 0.717) is 30.8 Å². The summed E-state index contributed by atoms with van der Waals surface area (Å²) in [6.07, 6.45) is 0.345. The maximum absolute atomic E-state index is 14.2. The normalized spacial score (nSPS) is 29.4. The van der Waals surface area contributed by atoms with Crippen molar-refractivity contribution >= 4 is 39.3 Å². The summed E-state index contributed by atoms with van der Waals surface area (Å²) in [6.45, 7) is 4.03. The van der Waals surface area contributed by atoms with Crippen LogP contribution in [0.5, 0.6) is 5.75 Å². The number of benzene rings is 2. The van der Waals surface area contributed by atoms with E-state index in [0.717, 1.165) is 5.56 Å². The van der Waals surface area contributed by atoms with Crippen molar-refractivity contribution in [2.45, 2.75) is 61.8 Å².